The lowest BCUT2D eigenvalue weighted by atomic mass is 9.83. The van der Waals surface area contributed by atoms with Gasteiger partial charge in [-0.05, 0) is 31.6 Å². The standard InChI is InChI=1S/C16H31N3O2/c1-5-18-14(20)12-6-8-19(9-7-12)15(21)13(11-17)10-16(2,3)4/h12-13H,5-11,17H2,1-4H3,(H,18,20). The van der Waals surface area contributed by atoms with Gasteiger partial charge in [-0.1, -0.05) is 20.8 Å². The van der Waals surface area contributed by atoms with Crippen molar-refractivity contribution in [1.82, 2.24) is 10.2 Å². The number of nitrogens with zero attached hydrogens (tertiary/aromatic N) is 1. The van der Waals surface area contributed by atoms with Gasteiger partial charge in [-0.25, -0.2) is 0 Å². The minimum atomic E-state index is -0.106. The molecule has 0 bridgehead atoms. The Labute approximate surface area is 128 Å². The molecule has 1 heterocycles. The van der Waals surface area contributed by atoms with Crippen LogP contribution in [0.25, 0.3) is 0 Å². The highest BCUT2D eigenvalue weighted by Gasteiger charge is 2.31. The van der Waals surface area contributed by atoms with Crippen molar-refractivity contribution < 1.29 is 9.59 Å². The molecule has 0 saturated carbocycles. The van der Waals surface area contributed by atoms with Crippen molar-refractivity contribution >= 4 is 11.8 Å². The average molecular weight is 297 g/mol. The molecule has 0 spiro atoms. The number of carbonyl (C=O) groups excluding carboxylic acids is 2. The van der Waals surface area contributed by atoms with Gasteiger partial charge in [0.2, 0.25) is 11.8 Å². The van der Waals surface area contributed by atoms with E-state index >= 15 is 0 Å². The summed E-state index contributed by atoms with van der Waals surface area (Å²) in [5.74, 6) is 0.218. The number of carbonyl (C=O) groups is 2. The van der Waals surface area contributed by atoms with E-state index in [-0.39, 0.29) is 29.1 Å². The second kappa shape index (κ2) is 7.78. The number of hydrogen-bond acceptors (Lipinski definition) is 3. The van der Waals surface area contributed by atoms with E-state index in [9.17, 15) is 9.59 Å². The zero-order chi connectivity index (χ0) is 16.0. The van der Waals surface area contributed by atoms with Crippen LogP contribution < -0.4 is 11.1 Å². The summed E-state index contributed by atoms with van der Waals surface area (Å²) in [4.78, 5) is 26.3. The zero-order valence-corrected chi connectivity index (χ0v) is 13.9. The molecule has 1 unspecified atom stereocenters. The fourth-order valence-corrected chi connectivity index (χ4v) is 2.95. The van der Waals surface area contributed by atoms with Crippen LogP contribution in [0.1, 0.15) is 47.0 Å². The van der Waals surface area contributed by atoms with Gasteiger partial charge in [0.05, 0.1) is 5.92 Å². The van der Waals surface area contributed by atoms with Crippen LogP contribution in [0.3, 0.4) is 0 Å². The van der Waals surface area contributed by atoms with Crippen LogP contribution in [-0.4, -0.2) is 42.9 Å². The fourth-order valence-electron chi connectivity index (χ4n) is 2.95. The lowest BCUT2D eigenvalue weighted by Gasteiger charge is -2.35. The number of piperidine rings is 1. The Morgan fingerprint density at radius 1 is 1.29 bits per heavy atom. The van der Waals surface area contributed by atoms with Crippen LogP contribution in [0.5, 0.6) is 0 Å². The first-order valence-electron chi connectivity index (χ1n) is 8.05. The topological polar surface area (TPSA) is 75.4 Å². The summed E-state index contributed by atoms with van der Waals surface area (Å²) in [6, 6.07) is 0. The van der Waals surface area contributed by atoms with Crippen LogP contribution >= 0.6 is 0 Å². The maximum absolute atomic E-state index is 12.6. The number of nitrogens with one attached hydrogen (secondary N) is 1. The molecule has 1 saturated heterocycles. The zero-order valence-electron chi connectivity index (χ0n) is 13.9. The Morgan fingerprint density at radius 3 is 2.29 bits per heavy atom. The minimum absolute atomic E-state index is 0.0490. The lowest BCUT2D eigenvalue weighted by Crippen LogP contribution is -2.46. The van der Waals surface area contributed by atoms with Crippen molar-refractivity contribution in [2.75, 3.05) is 26.2 Å². The van der Waals surface area contributed by atoms with Gasteiger partial charge in [0.25, 0.3) is 0 Å². The second-order valence-electron chi connectivity index (χ2n) is 7.19. The normalized spacial score (nSPS) is 18.4. The van der Waals surface area contributed by atoms with Gasteiger partial charge in [-0.15, -0.1) is 0 Å². The predicted octanol–water partition coefficient (Wildman–Crippen LogP) is 1.37. The van der Waals surface area contributed by atoms with Gasteiger partial charge in [0.15, 0.2) is 0 Å². The Balaban J connectivity index is 2.52. The molecule has 0 aromatic heterocycles. The molecule has 0 aromatic carbocycles. The van der Waals surface area contributed by atoms with E-state index in [1.165, 1.54) is 0 Å². The summed E-state index contributed by atoms with van der Waals surface area (Å²) in [6.45, 7) is 10.7. The van der Waals surface area contributed by atoms with Crippen LogP contribution in [0.4, 0.5) is 0 Å². The SMILES string of the molecule is CCNC(=O)C1CCN(C(=O)C(CN)CC(C)(C)C)CC1. The van der Waals surface area contributed by atoms with Crippen molar-refractivity contribution in [2.24, 2.45) is 23.0 Å². The van der Waals surface area contributed by atoms with Crippen LogP contribution in [0.15, 0.2) is 0 Å². The molecule has 5 nitrogen and oxygen atoms in total. The fraction of sp³-hybridized carbons (Fsp3) is 0.875. The Morgan fingerprint density at radius 2 is 1.86 bits per heavy atom. The first-order valence-corrected chi connectivity index (χ1v) is 8.05. The van der Waals surface area contributed by atoms with E-state index in [0.717, 1.165) is 19.3 Å². The van der Waals surface area contributed by atoms with E-state index < -0.39 is 0 Å². The van der Waals surface area contributed by atoms with Crippen molar-refractivity contribution in [2.45, 2.75) is 47.0 Å². The molecule has 0 radical (unpaired) electrons. The Kier molecular flexibility index (Phi) is 6.65. The van der Waals surface area contributed by atoms with Gasteiger partial charge >= 0.3 is 0 Å². The third-order valence-corrected chi connectivity index (χ3v) is 4.02. The highest BCUT2D eigenvalue weighted by Crippen LogP contribution is 2.26. The van der Waals surface area contributed by atoms with E-state index in [1.807, 2.05) is 11.8 Å². The van der Waals surface area contributed by atoms with Gasteiger partial charge in [0.1, 0.15) is 0 Å². The van der Waals surface area contributed by atoms with E-state index in [2.05, 4.69) is 26.1 Å². The molecule has 0 aromatic rings. The van der Waals surface area contributed by atoms with E-state index in [4.69, 9.17) is 5.73 Å². The lowest BCUT2D eigenvalue weighted by molar-refractivity contribution is -0.139. The molecule has 0 aliphatic carbocycles. The number of amides is 2. The molecule has 5 heteroatoms. The minimum Gasteiger partial charge on any atom is -0.356 e. The summed E-state index contributed by atoms with van der Waals surface area (Å²) in [6.07, 6.45) is 2.31. The van der Waals surface area contributed by atoms with E-state index in [0.29, 0.717) is 26.2 Å². The summed E-state index contributed by atoms with van der Waals surface area (Å²) in [5.41, 5.74) is 5.89. The maximum atomic E-state index is 12.6. The molecule has 122 valence electrons. The highest BCUT2D eigenvalue weighted by molar-refractivity contribution is 5.81. The average Bonchev–Trinajstić information content (AvgIpc) is 2.43. The largest absolute Gasteiger partial charge is 0.356 e. The summed E-state index contributed by atoms with van der Waals surface area (Å²) in [7, 11) is 0. The highest BCUT2D eigenvalue weighted by atomic mass is 16.2. The van der Waals surface area contributed by atoms with Gasteiger partial charge in [-0.2, -0.15) is 0 Å². The summed E-state index contributed by atoms with van der Waals surface area (Å²) < 4.78 is 0. The Bertz CT molecular complexity index is 355. The molecular formula is C16H31N3O2. The maximum Gasteiger partial charge on any atom is 0.226 e. The molecule has 21 heavy (non-hydrogen) atoms. The van der Waals surface area contributed by atoms with Crippen molar-refractivity contribution in [3.8, 4) is 0 Å². The number of likely N-dealkylation sites (tertiary alicyclic amines) is 1. The van der Waals surface area contributed by atoms with E-state index in [1.54, 1.807) is 0 Å². The number of rotatable bonds is 5. The Hall–Kier alpha value is -1.10. The molecule has 3 N–H and O–H groups in total. The third-order valence-electron chi connectivity index (χ3n) is 4.02. The molecule has 1 aliphatic heterocycles. The van der Waals surface area contributed by atoms with Gasteiger partial charge in [0, 0.05) is 32.1 Å². The smallest absolute Gasteiger partial charge is 0.226 e. The molecule has 2 amide bonds. The quantitative estimate of drug-likeness (QED) is 0.805. The molecule has 1 aliphatic rings. The summed E-state index contributed by atoms with van der Waals surface area (Å²) >= 11 is 0. The van der Waals surface area contributed by atoms with Gasteiger partial charge < -0.3 is 16.0 Å². The monoisotopic (exact) mass is 297 g/mol. The first kappa shape index (κ1) is 18.0. The van der Waals surface area contributed by atoms with Crippen molar-refractivity contribution in [1.29, 1.82) is 0 Å². The number of nitrogens with two attached hydrogens (primary N) is 1. The third kappa shape index (κ3) is 5.65. The van der Waals surface area contributed by atoms with Gasteiger partial charge in [-0.3, -0.25) is 9.59 Å². The van der Waals surface area contributed by atoms with Crippen molar-refractivity contribution in [3.05, 3.63) is 0 Å². The first-order chi connectivity index (χ1) is 9.78. The summed E-state index contributed by atoms with van der Waals surface area (Å²) in [5, 5.41) is 2.86. The molecule has 1 atom stereocenters. The predicted molar refractivity (Wildman–Crippen MR) is 84.6 cm³/mol. The second-order valence-corrected chi connectivity index (χ2v) is 7.19. The van der Waals surface area contributed by atoms with Crippen molar-refractivity contribution in [3.63, 3.8) is 0 Å². The molecular weight excluding hydrogens is 266 g/mol. The van der Waals surface area contributed by atoms with Crippen LogP contribution in [0, 0.1) is 17.3 Å². The molecule has 1 fully saturated rings. The van der Waals surface area contributed by atoms with Crippen LogP contribution in [-0.2, 0) is 9.59 Å². The van der Waals surface area contributed by atoms with Crippen LogP contribution in [0.2, 0.25) is 0 Å². The number of hydrogen-bond donors (Lipinski definition) is 2. The molecule has 1 rings (SSSR count).